The summed E-state index contributed by atoms with van der Waals surface area (Å²) in [7, 11) is 0. The second-order valence-electron chi connectivity index (χ2n) is 4.09. The number of hydrogen-bond acceptors (Lipinski definition) is 2. The lowest BCUT2D eigenvalue weighted by atomic mass is 10.2. The number of nitrogens with two attached hydrogens (primary N) is 1. The first-order valence-corrected chi connectivity index (χ1v) is 7.14. The summed E-state index contributed by atoms with van der Waals surface area (Å²) in [4.78, 5) is 0. The van der Waals surface area contributed by atoms with Gasteiger partial charge in [0, 0.05) is 4.47 Å². The molecule has 0 saturated heterocycles. The van der Waals surface area contributed by atoms with E-state index in [9.17, 15) is 0 Å². The summed E-state index contributed by atoms with van der Waals surface area (Å²) in [6.45, 7) is 2.01. The average molecular weight is 384 g/mol. The molecule has 98 valence electrons. The van der Waals surface area contributed by atoms with Gasteiger partial charge in [0.1, 0.15) is 17.3 Å². The molecule has 3 nitrogen and oxygen atoms in total. The Morgan fingerprint density at radius 1 is 1.11 bits per heavy atom. The zero-order valence-corrected chi connectivity index (χ0v) is 13.4. The number of nitrogens with one attached hydrogen (secondary N) is 1. The van der Waals surface area contributed by atoms with Crippen LogP contribution in [0.1, 0.15) is 11.1 Å². The van der Waals surface area contributed by atoms with Crippen molar-refractivity contribution in [2.24, 2.45) is 5.73 Å². The van der Waals surface area contributed by atoms with E-state index in [0.29, 0.717) is 17.1 Å². The molecule has 0 spiro atoms. The van der Waals surface area contributed by atoms with Crippen LogP contribution in [0.25, 0.3) is 0 Å². The summed E-state index contributed by atoms with van der Waals surface area (Å²) in [5, 5.41) is 7.57. The molecule has 2 rings (SSSR count). The van der Waals surface area contributed by atoms with Gasteiger partial charge in [-0.15, -0.1) is 0 Å². The first kappa shape index (κ1) is 14.1. The van der Waals surface area contributed by atoms with Crippen molar-refractivity contribution in [2.45, 2.75) is 6.92 Å². The topological polar surface area (TPSA) is 59.1 Å². The predicted octanol–water partition coefficient (Wildman–Crippen LogP) is 4.60. The Balaban J connectivity index is 2.42. The number of benzene rings is 2. The van der Waals surface area contributed by atoms with Crippen LogP contribution in [0.4, 0.5) is 0 Å². The van der Waals surface area contributed by atoms with Crippen LogP contribution in [-0.4, -0.2) is 5.84 Å². The predicted molar refractivity (Wildman–Crippen MR) is 84.1 cm³/mol. The number of halogens is 2. The molecule has 0 aliphatic heterocycles. The molecule has 19 heavy (non-hydrogen) atoms. The van der Waals surface area contributed by atoms with E-state index in [1.165, 1.54) is 0 Å². The molecule has 2 aromatic carbocycles. The quantitative estimate of drug-likeness (QED) is 0.601. The Morgan fingerprint density at radius 3 is 2.47 bits per heavy atom. The van der Waals surface area contributed by atoms with E-state index >= 15 is 0 Å². The fraction of sp³-hybridized carbons (Fsp3) is 0.0714. The Bertz CT molecular complexity index is 641. The maximum absolute atomic E-state index is 7.57. The van der Waals surface area contributed by atoms with E-state index in [2.05, 4.69) is 31.9 Å². The maximum Gasteiger partial charge on any atom is 0.141 e. The van der Waals surface area contributed by atoms with Crippen LogP contribution >= 0.6 is 31.9 Å². The molecule has 0 amide bonds. The molecule has 0 aliphatic rings. The van der Waals surface area contributed by atoms with E-state index in [0.717, 1.165) is 14.5 Å². The smallest absolute Gasteiger partial charge is 0.141 e. The number of rotatable bonds is 3. The second-order valence-corrected chi connectivity index (χ2v) is 5.86. The summed E-state index contributed by atoms with van der Waals surface area (Å²) in [5.41, 5.74) is 7.26. The van der Waals surface area contributed by atoms with E-state index in [1.54, 1.807) is 12.1 Å². The van der Waals surface area contributed by atoms with Gasteiger partial charge in [0.05, 0.1) is 10.0 Å². The molecular weight excluding hydrogens is 372 g/mol. The van der Waals surface area contributed by atoms with Crippen molar-refractivity contribution in [3.05, 3.63) is 56.5 Å². The highest BCUT2D eigenvalue weighted by Crippen LogP contribution is 2.33. The SMILES string of the molecule is Cc1ccc(Oc2cc(Br)ccc2C(=N)N)c(Br)c1. The van der Waals surface area contributed by atoms with Crippen molar-refractivity contribution in [3.8, 4) is 11.5 Å². The largest absolute Gasteiger partial charge is 0.455 e. The molecule has 0 unspecified atom stereocenters. The molecule has 0 atom stereocenters. The van der Waals surface area contributed by atoms with Crippen molar-refractivity contribution in [2.75, 3.05) is 0 Å². The third-order valence-corrected chi connectivity index (χ3v) is 3.65. The van der Waals surface area contributed by atoms with Crippen LogP contribution in [0.2, 0.25) is 0 Å². The van der Waals surface area contributed by atoms with Gasteiger partial charge in [0.2, 0.25) is 0 Å². The molecule has 5 heteroatoms. The minimum Gasteiger partial charge on any atom is -0.455 e. The number of nitrogen functional groups attached to an aromatic ring is 1. The Kier molecular flexibility index (Phi) is 4.27. The van der Waals surface area contributed by atoms with Crippen LogP contribution < -0.4 is 10.5 Å². The van der Waals surface area contributed by atoms with Crippen molar-refractivity contribution >= 4 is 37.7 Å². The highest BCUT2D eigenvalue weighted by atomic mass is 79.9. The molecule has 3 N–H and O–H groups in total. The lowest BCUT2D eigenvalue weighted by molar-refractivity contribution is 0.478. The third kappa shape index (κ3) is 3.36. The standard InChI is InChI=1S/C14H12Br2N2O/c1-8-2-5-12(11(16)6-8)19-13-7-9(15)3-4-10(13)14(17)18/h2-7H,1H3,(H3,17,18). The van der Waals surface area contributed by atoms with E-state index in [4.69, 9.17) is 15.9 Å². The van der Waals surface area contributed by atoms with E-state index in [1.807, 2.05) is 31.2 Å². The van der Waals surface area contributed by atoms with Gasteiger partial charge in [0.15, 0.2) is 0 Å². The molecule has 0 heterocycles. The van der Waals surface area contributed by atoms with Crippen molar-refractivity contribution in [3.63, 3.8) is 0 Å². The van der Waals surface area contributed by atoms with Crippen molar-refractivity contribution in [1.29, 1.82) is 5.41 Å². The van der Waals surface area contributed by atoms with Crippen molar-refractivity contribution in [1.82, 2.24) is 0 Å². The summed E-state index contributed by atoms with van der Waals surface area (Å²) in [6.07, 6.45) is 0. The van der Waals surface area contributed by atoms with Gasteiger partial charge in [-0.1, -0.05) is 22.0 Å². The zero-order valence-electron chi connectivity index (χ0n) is 10.2. The van der Waals surface area contributed by atoms with Gasteiger partial charge >= 0.3 is 0 Å². The molecule has 0 radical (unpaired) electrons. The third-order valence-electron chi connectivity index (χ3n) is 2.54. The monoisotopic (exact) mass is 382 g/mol. The van der Waals surface area contributed by atoms with Gasteiger partial charge in [-0.25, -0.2) is 0 Å². The molecule has 0 fully saturated rings. The second kappa shape index (κ2) is 5.75. The normalized spacial score (nSPS) is 10.3. The molecular formula is C14H12Br2N2O. The lowest BCUT2D eigenvalue weighted by Gasteiger charge is -2.12. The number of ether oxygens (including phenoxy) is 1. The summed E-state index contributed by atoms with van der Waals surface area (Å²) >= 11 is 6.85. The number of amidine groups is 1. The molecule has 2 aromatic rings. The zero-order chi connectivity index (χ0) is 14.0. The van der Waals surface area contributed by atoms with Gasteiger partial charge in [-0.05, 0) is 58.7 Å². The Hall–Kier alpha value is -1.33. The van der Waals surface area contributed by atoms with Crippen LogP contribution in [-0.2, 0) is 0 Å². The summed E-state index contributed by atoms with van der Waals surface area (Å²) in [5.74, 6) is 1.21. The van der Waals surface area contributed by atoms with Gasteiger partial charge in [0.25, 0.3) is 0 Å². The first-order chi connectivity index (χ1) is 8.97. The Morgan fingerprint density at radius 2 is 1.84 bits per heavy atom. The van der Waals surface area contributed by atoms with Crippen LogP contribution in [0.3, 0.4) is 0 Å². The van der Waals surface area contributed by atoms with Gasteiger partial charge < -0.3 is 10.5 Å². The summed E-state index contributed by atoms with van der Waals surface area (Å²) < 4.78 is 7.57. The maximum atomic E-state index is 7.57. The minimum absolute atomic E-state index is 0.0225. The summed E-state index contributed by atoms with van der Waals surface area (Å²) in [6, 6.07) is 11.2. The lowest BCUT2D eigenvalue weighted by Crippen LogP contribution is -2.12. The minimum atomic E-state index is -0.0225. The molecule has 0 aromatic heterocycles. The van der Waals surface area contributed by atoms with Crippen LogP contribution in [0.15, 0.2) is 45.3 Å². The fourth-order valence-electron chi connectivity index (χ4n) is 1.61. The van der Waals surface area contributed by atoms with Crippen molar-refractivity contribution < 1.29 is 4.74 Å². The Labute approximate surface area is 128 Å². The fourth-order valence-corrected chi connectivity index (χ4v) is 2.52. The highest BCUT2D eigenvalue weighted by molar-refractivity contribution is 9.10. The average Bonchev–Trinajstić information content (AvgIpc) is 2.32. The number of hydrogen-bond donors (Lipinski definition) is 2. The molecule has 0 bridgehead atoms. The van der Waals surface area contributed by atoms with Gasteiger partial charge in [-0.2, -0.15) is 0 Å². The molecule has 0 saturated carbocycles. The van der Waals surface area contributed by atoms with Gasteiger partial charge in [-0.3, -0.25) is 5.41 Å². The number of aryl methyl sites for hydroxylation is 1. The first-order valence-electron chi connectivity index (χ1n) is 5.55. The van der Waals surface area contributed by atoms with Crippen LogP contribution in [0.5, 0.6) is 11.5 Å². The van der Waals surface area contributed by atoms with Crippen LogP contribution in [0, 0.1) is 12.3 Å². The van der Waals surface area contributed by atoms with E-state index in [-0.39, 0.29) is 5.84 Å². The highest BCUT2D eigenvalue weighted by Gasteiger charge is 2.10. The molecule has 0 aliphatic carbocycles. The van der Waals surface area contributed by atoms with E-state index < -0.39 is 0 Å².